The van der Waals surface area contributed by atoms with Crippen molar-refractivity contribution < 1.29 is 8.99 Å². The maximum atomic E-state index is 5.36. The minimum absolute atomic E-state index is 0.227. The highest BCUT2D eigenvalue weighted by Crippen LogP contribution is 2.46. The number of nitrogens with zero attached hydrogens (tertiary/aromatic N) is 2. The maximum Gasteiger partial charge on any atom is 0.210 e. The Hall–Kier alpha value is -3.46. The van der Waals surface area contributed by atoms with Crippen molar-refractivity contribution in [3.8, 4) is 0 Å². The Morgan fingerprint density at radius 1 is 0.970 bits per heavy atom. The molecule has 0 spiro atoms. The quantitative estimate of drug-likeness (QED) is 0.288. The average molecular weight is 436 g/mol. The van der Waals surface area contributed by atoms with Gasteiger partial charge in [0.05, 0.1) is 11.1 Å². The lowest BCUT2D eigenvalue weighted by molar-refractivity contribution is -0.439. The van der Waals surface area contributed by atoms with E-state index in [1.807, 2.05) is 0 Å². The molecular formula is C30H31N2O+. The molecule has 0 amide bonds. The lowest BCUT2D eigenvalue weighted by Crippen LogP contribution is -2.34. The van der Waals surface area contributed by atoms with E-state index in [1.54, 1.807) is 6.26 Å². The second-order valence-corrected chi connectivity index (χ2v) is 9.63. The van der Waals surface area contributed by atoms with E-state index in [1.165, 1.54) is 39.7 Å². The van der Waals surface area contributed by atoms with Crippen molar-refractivity contribution in [3.63, 3.8) is 0 Å². The van der Waals surface area contributed by atoms with Crippen LogP contribution in [0, 0.1) is 5.92 Å². The molecule has 0 bridgehead atoms. The highest BCUT2D eigenvalue weighted by molar-refractivity contribution is 6.09. The Labute approximate surface area is 196 Å². The summed E-state index contributed by atoms with van der Waals surface area (Å²) in [6, 6.07) is 23.9. The summed E-state index contributed by atoms with van der Waals surface area (Å²) in [7, 11) is 0. The zero-order chi connectivity index (χ0) is 22.8. The van der Waals surface area contributed by atoms with Crippen molar-refractivity contribution in [2.24, 2.45) is 5.92 Å². The van der Waals surface area contributed by atoms with Crippen molar-refractivity contribution in [3.05, 3.63) is 102 Å². The lowest BCUT2D eigenvalue weighted by atomic mass is 9.74. The van der Waals surface area contributed by atoms with Crippen molar-refractivity contribution in [1.82, 2.24) is 4.98 Å². The van der Waals surface area contributed by atoms with Crippen LogP contribution in [0.1, 0.15) is 44.0 Å². The molecule has 4 aromatic rings. The molecule has 1 aliphatic heterocycles. The zero-order valence-corrected chi connectivity index (χ0v) is 19.7. The zero-order valence-electron chi connectivity index (χ0n) is 19.7. The summed E-state index contributed by atoms with van der Waals surface area (Å²) < 4.78 is 7.91. The monoisotopic (exact) mass is 435 g/mol. The van der Waals surface area contributed by atoms with Gasteiger partial charge in [-0.25, -0.2) is 4.98 Å². The Balaban J connectivity index is 1.73. The molecule has 3 nitrogen and oxygen atoms in total. The second kappa shape index (κ2) is 8.82. The van der Waals surface area contributed by atoms with E-state index in [0.29, 0.717) is 5.92 Å². The third-order valence-electron chi connectivity index (χ3n) is 6.79. The van der Waals surface area contributed by atoms with Crippen LogP contribution in [0.5, 0.6) is 0 Å². The molecule has 33 heavy (non-hydrogen) atoms. The number of benzene rings is 3. The SMILES string of the molecule is CC(C)CC[N+]1=C(/C=C/c2ccccc2)C(C)(Cc2cocn2)c2c1ccc1ccccc21. The van der Waals surface area contributed by atoms with E-state index in [0.717, 1.165) is 25.1 Å². The minimum atomic E-state index is -0.227. The molecule has 0 radical (unpaired) electrons. The molecule has 5 rings (SSSR count). The molecule has 1 unspecified atom stereocenters. The van der Waals surface area contributed by atoms with Gasteiger partial charge in [0, 0.05) is 30.5 Å². The van der Waals surface area contributed by atoms with Crippen molar-refractivity contribution in [2.45, 2.75) is 39.0 Å². The first kappa shape index (κ1) is 21.4. The summed E-state index contributed by atoms with van der Waals surface area (Å²) in [6.45, 7) is 7.95. The van der Waals surface area contributed by atoms with Crippen LogP contribution in [0.15, 0.2) is 89.9 Å². The molecule has 0 fully saturated rings. The Kier molecular flexibility index (Phi) is 5.72. The molecular weight excluding hydrogens is 404 g/mol. The highest BCUT2D eigenvalue weighted by atomic mass is 16.3. The molecule has 0 saturated heterocycles. The van der Waals surface area contributed by atoms with Gasteiger partial charge < -0.3 is 4.42 Å². The summed E-state index contributed by atoms with van der Waals surface area (Å²) in [6.07, 6.45) is 9.81. The van der Waals surface area contributed by atoms with Gasteiger partial charge in [-0.2, -0.15) is 4.58 Å². The van der Waals surface area contributed by atoms with Crippen LogP contribution in [-0.2, 0) is 11.8 Å². The number of fused-ring (bicyclic) bond motifs is 3. The maximum absolute atomic E-state index is 5.36. The molecule has 1 atom stereocenters. The fourth-order valence-corrected chi connectivity index (χ4v) is 5.13. The minimum Gasteiger partial charge on any atom is -0.451 e. The Morgan fingerprint density at radius 3 is 2.52 bits per heavy atom. The normalized spacial score (nSPS) is 18.1. The first-order chi connectivity index (χ1) is 16.1. The van der Waals surface area contributed by atoms with Crippen molar-refractivity contribution >= 4 is 28.2 Å². The van der Waals surface area contributed by atoms with Gasteiger partial charge in [-0.05, 0) is 41.3 Å². The van der Waals surface area contributed by atoms with Gasteiger partial charge in [0.2, 0.25) is 5.69 Å². The molecule has 1 aliphatic rings. The molecule has 0 aliphatic carbocycles. The lowest BCUT2D eigenvalue weighted by Gasteiger charge is -2.22. The van der Waals surface area contributed by atoms with Crippen molar-refractivity contribution in [2.75, 3.05) is 6.54 Å². The number of hydrogen-bond donors (Lipinski definition) is 0. The largest absolute Gasteiger partial charge is 0.451 e. The number of oxazole rings is 1. The number of allylic oxidation sites excluding steroid dienone is 1. The molecule has 0 saturated carbocycles. The Morgan fingerprint density at radius 2 is 1.76 bits per heavy atom. The highest BCUT2D eigenvalue weighted by Gasteiger charge is 2.49. The fourth-order valence-electron chi connectivity index (χ4n) is 5.13. The van der Waals surface area contributed by atoms with Crippen LogP contribution in [0.4, 0.5) is 5.69 Å². The van der Waals surface area contributed by atoms with Crippen LogP contribution in [0.25, 0.3) is 16.8 Å². The molecule has 1 aromatic heterocycles. The van der Waals surface area contributed by atoms with E-state index in [-0.39, 0.29) is 5.41 Å². The van der Waals surface area contributed by atoms with Crippen LogP contribution < -0.4 is 0 Å². The molecule has 0 N–H and O–H groups in total. The van der Waals surface area contributed by atoms with Gasteiger partial charge in [-0.1, -0.05) is 68.4 Å². The molecule has 2 heterocycles. The van der Waals surface area contributed by atoms with E-state index >= 15 is 0 Å². The summed E-state index contributed by atoms with van der Waals surface area (Å²) in [4.78, 5) is 4.51. The number of rotatable bonds is 7. The summed E-state index contributed by atoms with van der Waals surface area (Å²) in [5, 5.41) is 2.60. The first-order valence-electron chi connectivity index (χ1n) is 11.8. The Bertz CT molecular complexity index is 1320. The first-order valence-corrected chi connectivity index (χ1v) is 11.8. The van der Waals surface area contributed by atoms with E-state index < -0.39 is 0 Å². The summed E-state index contributed by atoms with van der Waals surface area (Å²) in [5.41, 5.74) is 5.98. The average Bonchev–Trinajstić information content (AvgIpc) is 3.41. The summed E-state index contributed by atoms with van der Waals surface area (Å²) in [5.74, 6) is 0.635. The van der Waals surface area contributed by atoms with Gasteiger partial charge in [0.25, 0.3) is 0 Å². The standard InChI is InChI=1S/C30H31N2O/c1-22(2)17-18-32-27-15-14-24-11-7-8-12-26(24)29(27)30(3,19-25-20-33-21-31-25)28(32)16-13-23-9-5-4-6-10-23/h4-16,20-22H,17-19H2,1-3H3/q+1/b16-13+. The van der Waals surface area contributed by atoms with Gasteiger partial charge in [0.15, 0.2) is 12.1 Å². The van der Waals surface area contributed by atoms with E-state index in [4.69, 9.17) is 4.42 Å². The predicted octanol–water partition coefficient (Wildman–Crippen LogP) is 7.19. The van der Waals surface area contributed by atoms with Crippen LogP contribution in [0.3, 0.4) is 0 Å². The molecule has 3 heteroatoms. The van der Waals surface area contributed by atoms with Crippen LogP contribution >= 0.6 is 0 Å². The molecule has 3 aromatic carbocycles. The number of hydrogen-bond acceptors (Lipinski definition) is 2. The van der Waals surface area contributed by atoms with E-state index in [2.05, 4.69) is 109 Å². The van der Waals surface area contributed by atoms with Crippen molar-refractivity contribution in [1.29, 1.82) is 0 Å². The number of aromatic nitrogens is 1. The predicted molar refractivity (Wildman–Crippen MR) is 136 cm³/mol. The van der Waals surface area contributed by atoms with Crippen LogP contribution in [0.2, 0.25) is 0 Å². The van der Waals surface area contributed by atoms with Gasteiger partial charge in [-0.15, -0.1) is 0 Å². The van der Waals surface area contributed by atoms with Gasteiger partial charge in [-0.3, -0.25) is 0 Å². The van der Waals surface area contributed by atoms with E-state index in [9.17, 15) is 0 Å². The molecule has 166 valence electrons. The van der Waals surface area contributed by atoms with Gasteiger partial charge in [0.1, 0.15) is 12.8 Å². The third kappa shape index (κ3) is 4.04. The van der Waals surface area contributed by atoms with Crippen LogP contribution in [-0.4, -0.2) is 21.8 Å². The van der Waals surface area contributed by atoms with Gasteiger partial charge >= 0.3 is 0 Å². The smallest absolute Gasteiger partial charge is 0.210 e. The summed E-state index contributed by atoms with van der Waals surface area (Å²) >= 11 is 0. The second-order valence-electron chi connectivity index (χ2n) is 9.63. The topological polar surface area (TPSA) is 29.0 Å². The third-order valence-corrected chi connectivity index (χ3v) is 6.79. The fraction of sp³-hybridized carbons (Fsp3) is 0.267.